The maximum Gasteiger partial charge on any atom is 0.260 e. The monoisotopic (exact) mass is 720 g/mol. The van der Waals surface area contributed by atoms with Crippen molar-refractivity contribution in [3.63, 3.8) is 0 Å². The molecule has 0 atom stereocenters. The average molecular weight is 720 g/mol. The van der Waals surface area contributed by atoms with Crippen molar-refractivity contribution in [2.24, 2.45) is 0 Å². The third kappa shape index (κ3) is 4.36. The highest BCUT2D eigenvalue weighted by molar-refractivity contribution is 7.20. The van der Waals surface area contributed by atoms with Gasteiger partial charge in [0.25, 0.3) is 13.4 Å². The predicted molar refractivity (Wildman–Crippen MR) is 225 cm³/mol. The van der Waals surface area contributed by atoms with E-state index in [2.05, 4.69) is 182 Å². The Hall–Kier alpha value is -6.69. The van der Waals surface area contributed by atoms with Crippen molar-refractivity contribution < 1.29 is 18.9 Å². The van der Waals surface area contributed by atoms with Crippen molar-refractivity contribution in [3.05, 3.63) is 182 Å². The number of rotatable bonds is 4. The number of benzene rings is 8. The SMILES string of the molecule is c1ccc([Si](c2ccccc2)(c2cc3c4c(c2)Oc2ccccc2B4c2ccccc2O3)c2cc3c4c(c2)Oc2ccccc2B4c2ccccc2O3)cc1. The van der Waals surface area contributed by atoms with Gasteiger partial charge in [0.05, 0.1) is 0 Å². The minimum atomic E-state index is -3.20. The van der Waals surface area contributed by atoms with Crippen molar-refractivity contribution in [2.75, 3.05) is 0 Å². The van der Waals surface area contributed by atoms with E-state index in [1.54, 1.807) is 0 Å². The van der Waals surface area contributed by atoms with E-state index in [1.165, 1.54) is 10.4 Å². The molecule has 0 N–H and O–H groups in total. The van der Waals surface area contributed by atoms with Gasteiger partial charge in [-0.2, -0.15) is 0 Å². The summed E-state index contributed by atoms with van der Waals surface area (Å²) >= 11 is 0. The van der Waals surface area contributed by atoms with Gasteiger partial charge < -0.3 is 18.9 Å². The number of hydrogen-bond acceptors (Lipinski definition) is 4. The normalized spacial score (nSPS) is 13.6. The van der Waals surface area contributed by atoms with E-state index in [-0.39, 0.29) is 13.4 Å². The third-order valence-corrected chi connectivity index (χ3v) is 16.6. The van der Waals surface area contributed by atoms with E-state index in [9.17, 15) is 0 Å². The smallest absolute Gasteiger partial charge is 0.260 e. The van der Waals surface area contributed by atoms with Gasteiger partial charge in [0.15, 0.2) is 8.07 Å². The zero-order valence-corrected chi connectivity index (χ0v) is 30.6. The van der Waals surface area contributed by atoms with E-state index in [4.69, 9.17) is 18.9 Å². The molecule has 55 heavy (non-hydrogen) atoms. The lowest BCUT2D eigenvalue weighted by Crippen LogP contribution is -2.75. The van der Waals surface area contributed by atoms with E-state index >= 15 is 0 Å². The summed E-state index contributed by atoms with van der Waals surface area (Å²) in [5, 5.41) is 4.75. The Morgan fingerprint density at radius 1 is 0.273 bits per heavy atom. The van der Waals surface area contributed by atoms with Crippen LogP contribution in [-0.2, 0) is 0 Å². The fraction of sp³-hybridized carbons (Fsp3) is 0. The first-order valence-electron chi connectivity index (χ1n) is 18.8. The largest absolute Gasteiger partial charge is 0.458 e. The molecule has 0 radical (unpaired) electrons. The molecule has 0 amide bonds. The van der Waals surface area contributed by atoms with Gasteiger partial charge in [-0.15, -0.1) is 0 Å². The van der Waals surface area contributed by atoms with Gasteiger partial charge >= 0.3 is 0 Å². The third-order valence-electron chi connectivity index (χ3n) is 11.9. The topological polar surface area (TPSA) is 36.9 Å². The molecule has 0 aromatic heterocycles. The van der Waals surface area contributed by atoms with Crippen LogP contribution in [0.2, 0.25) is 0 Å². The van der Waals surface area contributed by atoms with Crippen LogP contribution in [-0.4, -0.2) is 21.5 Å². The molecule has 0 bridgehead atoms. The molecule has 8 aromatic carbocycles. The van der Waals surface area contributed by atoms with Gasteiger partial charge in [-0.25, -0.2) is 0 Å². The molecule has 8 aromatic rings. The second kappa shape index (κ2) is 11.7. The van der Waals surface area contributed by atoms with Crippen LogP contribution >= 0.6 is 0 Å². The maximum atomic E-state index is 6.91. The van der Waals surface area contributed by atoms with Crippen LogP contribution in [0.25, 0.3) is 0 Å². The molecule has 4 aliphatic heterocycles. The number of fused-ring (bicyclic) bond motifs is 8. The summed E-state index contributed by atoms with van der Waals surface area (Å²) in [5.74, 6) is 6.77. The van der Waals surface area contributed by atoms with E-state index in [1.807, 2.05) is 0 Å². The van der Waals surface area contributed by atoms with Crippen LogP contribution < -0.4 is 72.5 Å². The molecule has 0 spiro atoms. The Bertz CT molecular complexity index is 2520. The summed E-state index contributed by atoms with van der Waals surface area (Å²) in [5.41, 5.74) is 6.71. The lowest BCUT2D eigenvalue weighted by Gasteiger charge is -2.39. The van der Waals surface area contributed by atoms with Crippen molar-refractivity contribution in [3.8, 4) is 46.0 Å². The highest BCUT2D eigenvalue weighted by atomic mass is 28.3. The van der Waals surface area contributed by atoms with Crippen LogP contribution in [0.15, 0.2) is 182 Å². The van der Waals surface area contributed by atoms with Crippen molar-refractivity contribution in [2.45, 2.75) is 0 Å². The Morgan fingerprint density at radius 2 is 0.545 bits per heavy atom. The molecule has 0 unspecified atom stereocenters. The van der Waals surface area contributed by atoms with Crippen LogP contribution in [0.5, 0.6) is 46.0 Å². The number of ether oxygens (including phenoxy) is 4. The molecule has 4 heterocycles. The van der Waals surface area contributed by atoms with E-state index in [0.717, 1.165) is 89.1 Å². The van der Waals surface area contributed by atoms with Crippen LogP contribution in [0.1, 0.15) is 0 Å². The standard InChI is InChI=1S/C48H30B2O4Si/c1-3-15-31(16-4-1)55(32-17-5-2-6-18-32,33-27-43-47-44(28-33)52-40-24-12-8-20-36(40)49(47)35-19-7-11-23-39(35)51-43)34-29-45-48-46(30-34)54-42-26-14-10-22-38(42)50(48)37-21-9-13-25-41(37)53-45/h1-30H. The minimum absolute atomic E-state index is 0.00876. The zero-order valence-electron chi connectivity index (χ0n) is 29.6. The fourth-order valence-corrected chi connectivity index (χ4v) is 14.4. The number of hydrogen-bond donors (Lipinski definition) is 0. The lowest BCUT2D eigenvalue weighted by molar-refractivity contribution is 0.465. The average Bonchev–Trinajstić information content (AvgIpc) is 3.24. The lowest BCUT2D eigenvalue weighted by atomic mass is 9.35. The summed E-state index contributed by atoms with van der Waals surface area (Å²) in [6, 6.07) is 64.7. The van der Waals surface area contributed by atoms with Gasteiger partial charge in [-0.1, -0.05) is 133 Å². The maximum absolute atomic E-state index is 6.91. The zero-order chi connectivity index (χ0) is 36.1. The van der Waals surface area contributed by atoms with Gasteiger partial charge in [-0.05, 0) is 91.1 Å². The van der Waals surface area contributed by atoms with E-state index in [0.29, 0.717) is 0 Å². The molecular formula is C48H30B2O4Si. The molecule has 0 saturated carbocycles. The van der Waals surface area contributed by atoms with Gasteiger partial charge in [0.1, 0.15) is 46.0 Å². The summed E-state index contributed by atoms with van der Waals surface area (Å²) in [6.07, 6.45) is 0. The molecule has 0 aliphatic carbocycles. The molecule has 256 valence electrons. The molecular weight excluding hydrogens is 690 g/mol. The van der Waals surface area contributed by atoms with Crippen molar-refractivity contribution in [1.29, 1.82) is 0 Å². The minimum Gasteiger partial charge on any atom is -0.458 e. The first-order valence-corrected chi connectivity index (χ1v) is 20.8. The van der Waals surface area contributed by atoms with E-state index < -0.39 is 8.07 Å². The molecule has 4 nitrogen and oxygen atoms in total. The summed E-state index contributed by atoms with van der Waals surface area (Å²) in [7, 11) is -3.20. The van der Waals surface area contributed by atoms with Crippen LogP contribution in [0.4, 0.5) is 0 Å². The fourth-order valence-electron chi connectivity index (χ4n) is 9.60. The second-order valence-electron chi connectivity index (χ2n) is 14.7. The van der Waals surface area contributed by atoms with Crippen LogP contribution in [0.3, 0.4) is 0 Å². The second-order valence-corrected chi connectivity index (χ2v) is 18.5. The molecule has 0 fully saturated rings. The quantitative estimate of drug-likeness (QED) is 0.198. The van der Waals surface area contributed by atoms with Crippen LogP contribution in [0, 0.1) is 0 Å². The predicted octanol–water partition coefficient (Wildman–Crippen LogP) is 4.52. The molecule has 4 aliphatic rings. The van der Waals surface area contributed by atoms with Gasteiger partial charge in [0.2, 0.25) is 0 Å². The highest BCUT2D eigenvalue weighted by Gasteiger charge is 2.48. The summed E-state index contributed by atoms with van der Waals surface area (Å²) < 4.78 is 27.6. The Morgan fingerprint density at radius 3 is 0.855 bits per heavy atom. The molecule has 0 saturated heterocycles. The summed E-state index contributed by atoms with van der Waals surface area (Å²) in [4.78, 5) is 0. The van der Waals surface area contributed by atoms with Gasteiger partial charge in [-0.3, -0.25) is 0 Å². The molecule has 7 heteroatoms. The Labute approximate surface area is 320 Å². The van der Waals surface area contributed by atoms with Crippen molar-refractivity contribution in [1.82, 2.24) is 0 Å². The highest BCUT2D eigenvalue weighted by Crippen LogP contribution is 2.37. The van der Waals surface area contributed by atoms with Gasteiger partial charge in [0, 0.05) is 10.9 Å². The first-order chi connectivity index (χ1) is 27.3. The molecule has 12 rings (SSSR count). The first kappa shape index (κ1) is 30.7. The number of para-hydroxylation sites is 4. The van der Waals surface area contributed by atoms with Crippen molar-refractivity contribution >= 4 is 75.0 Å². The Kier molecular flexibility index (Phi) is 6.51. The summed E-state index contributed by atoms with van der Waals surface area (Å²) in [6.45, 7) is -0.0175. The Balaban J connectivity index is 1.17.